The number of nitrogens with zero attached hydrogens (tertiary/aromatic N) is 2. The van der Waals surface area contributed by atoms with Crippen LogP contribution in [0.3, 0.4) is 0 Å². The summed E-state index contributed by atoms with van der Waals surface area (Å²) in [5.74, 6) is -0.486. The van der Waals surface area contributed by atoms with Crippen LogP contribution in [0.2, 0.25) is 0 Å². The maximum Gasteiger partial charge on any atom is 0.338 e. The molecule has 200 valence electrons. The molecular weight excluding hydrogens is 464 g/mol. The number of hydrogen-bond acceptors (Lipinski definition) is 6. The van der Waals surface area contributed by atoms with Gasteiger partial charge in [-0.25, -0.2) is 9.59 Å². The van der Waals surface area contributed by atoms with Crippen molar-refractivity contribution in [3.8, 4) is 0 Å². The SMILES string of the molecule is CCCCCCOC(=O)c1ccc(C)c2c1CN1CN2Cc2c(C(=O)OCCCCCC)ccc(C)c21. The summed E-state index contributed by atoms with van der Waals surface area (Å²) in [4.78, 5) is 30.7. The normalized spacial score (nSPS) is 13.7. The summed E-state index contributed by atoms with van der Waals surface area (Å²) in [6.07, 6.45) is 8.59. The van der Waals surface area contributed by atoms with Gasteiger partial charge in [-0.2, -0.15) is 0 Å². The number of rotatable bonds is 12. The van der Waals surface area contributed by atoms with Gasteiger partial charge in [-0.3, -0.25) is 0 Å². The lowest BCUT2D eigenvalue weighted by Gasteiger charge is -2.46. The summed E-state index contributed by atoms with van der Waals surface area (Å²) in [6.45, 7) is 11.4. The minimum atomic E-state index is -0.243. The molecule has 0 spiro atoms. The average molecular weight is 507 g/mol. The van der Waals surface area contributed by atoms with Crippen molar-refractivity contribution in [1.82, 2.24) is 0 Å². The van der Waals surface area contributed by atoms with E-state index in [2.05, 4.69) is 37.5 Å². The van der Waals surface area contributed by atoms with Crippen molar-refractivity contribution in [2.75, 3.05) is 29.7 Å². The maximum absolute atomic E-state index is 13.1. The van der Waals surface area contributed by atoms with Crippen molar-refractivity contribution in [1.29, 1.82) is 0 Å². The topological polar surface area (TPSA) is 59.1 Å². The Labute approximate surface area is 221 Å². The van der Waals surface area contributed by atoms with Crippen LogP contribution in [0.25, 0.3) is 0 Å². The van der Waals surface area contributed by atoms with Crippen LogP contribution in [0.4, 0.5) is 11.4 Å². The second-order valence-corrected chi connectivity index (χ2v) is 10.4. The summed E-state index contributed by atoms with van der Waals surface area (Å²) >= 11 is 0. The highest BCUT2D eigenvalue weighted by Crippen LogP contribution is 2.43. The molecular formula is C31H42N2O4. The Morgan fingerprint density at radius 3 is 1.51 bits per heavy atom. The summed E-state index contributed by atoms with van der Waals surface area (Å²) in [5.41, 5.74) is 7.75. The van der Waals surface area contributed by atoms with Crippen LogP contribution in [-0.4, -0.2) is 31.8 Å². The van der Waals surface area contributed by atoms with E-state index >= 15 is 0 Å². The first-order valence-corrected chi connectivity index (χ1v) is 14.0. The molecule has 2 aromatic rings. The average Bonchev–Trinajstić information content (AvgIpc) is 2.88. The zero-order chi connectivity index (χ0) is 26.4. The lowest BCUT2D eigenvalue weighted by molar-refractivity contribution is 0.0487. The predicted molar refractivity (Wildman–Crippen MR) is 148 cm³/mol. The highest BCUT2D eigenvalue weighted by atomic mass is 16.5. The summed E-state index contributed by atoms with van der Waals surface area (Å²) in [5, 5.41) is 0. The molecule has 0 atom stereocenters. The fraction of sp³-hybridized carbons (Fsp3) is 0.548. The fourth-order valence-corrected chi connectivity index (χ4v) is 5.62. The Kier molecular flexibility index (Phi) is 9.12. The van der Waals surface area contributed by atoms with Crippen LogP contribution in [0.5, 0.6) is 0 Å². The molecule has 2 aromatic carbocycles. The maximum atomic E-state index is 13.1. The third-order valence-electron chi connectivity index (χ3n) is 7.54. The third-order valence-corrected chi connectivity index (χ3v) is 7.54. The number of esters is 2. The van der Waals surface area contributed by atoms with Gasteiger partial charge in [0.1, 0.15) is 0 Å². The van der Waals surface area contributed by atoms with Crippen LogP contribution in [0, 0.1) is 13.8 Å². The molecule has 0 radical (unpaired) electrons. The van der Waals surface area contributed by atoms with Gasteiger partial charge in [0, 0.05) is 35.6 Å². The van der Waals surface area contributed by atoms with Crippen molar-refractivity contribution < 1.29 is 19.1 Å². The molecule has 6 nitrogen and oxygen atoms in total. The van der Waals surface area contributed by atoms with Gasteiger partial charge in [0.2, 0.25) is 0 Å². The Morgan fingerprint density at radius 2 is 1.11 bits per heavy atom. The first kappa shape index (κ1) is 27.0. The van der Waals surface area contributed by atoms with E-state index in [1.807, 2.05) is 24.3 Å². The van der Waals surface area contributed by atoms with E-state index in [0.29, 0.717) is 37.4 Å². The van der Waals surface area contributed by atoms with E-state index < -0.39 is 0 Å². The molecule has 0 fully saturated rings. The van der Waals surface area contributed by atoms with Crippen LogP contribution in [-0.2, 0) is 22.6 Å². The van der Waals surface area contributed by atoms with E-state index in [9.17, 15) is 9.59 Å². The van der Waals surface area contributed by atoms with Gasteiger partial charge in [-0.05, 0) is 49.9 Å². The molecule has 6 heteroatoms. The van der Waals surface area contributed by atoms with Gasteiger partial charge in [0.25, 0.3) is 0 Å². The van der Waals surface area contributed by atoms with E-state index in [1.165, 1.54) is 0 Å². The van der Waals surface area contributed by atoms with Crippen LogP contribution < -0.4 is 9.80 Å². The molecule has 2 heterocycles. The van der Waals surface area contributed by atoms with Gasteiger partial charge in [0.15, 0.2) is 0 Å². The number of benzene rings is 2. The molecule has 0 N–H and O–H groups in total. The Morgan fingerprint density at radius 1 is 0.676 bits per heavy atom. The molecule has 4 rings (SSSR count). The van der Waals surface area contributed by atoms with Crippen molar-refractivity contribution >= 4 is 23.3 Å². The molecule has 2 aliphatic rings. The first-order chi connectivity index (χ1) is 18.0. The standard InChI is InChI=1S/C31H42N2O4/c1-5-7-9-11-17-36-30(34)24-15-13-22(3)28-26(24)19-32-21-33(28)20-27-25(16-14-23(4)29(27)32)31(35)37-18-12-10-8-6-2/h13-16H,5-12,17-21H2,1-4H3. The quantitative estimate of drug-likeness (QED) is 0.227. The predicted octanol–water partition coefficient (Wildman–Crippen LogP) is 7.08. The largest absolute Gasteiger partial charge is 0.462 e. The lowest BCUT2D eigenvalue weighted by Crippen LogP contribution is -2.48. The number of hydrogen-bond donors (Lipinski definition) is 0. The van der Waals surface area contributed by atoms with Crippen LogP contribution in [0.1, 0.15) is 108 Å². The van der Waals surface area contributed by atoms with Gasteiger partial charge in [0.05, 0.1) is 31.0 Å². The van der Waals surface area contributed by atoms with E-state index in [4.69, 9.17) is 9.47 Å². The summed E-state index contributed by atoms with van der Waals surface area (Å²) in [6, 6.07) is 7.84. The van der Waals surface area contributed by atoms with Crippen molar-refractivity contribution in [3.63, 3.8) is 0 Å². The second-order valence-electron chi connectivity index (χ2n) is 10.4. The van der Waals surface area contributed by atoms with E-state index in [1.54, 1.807) is 0 Å². The van der Waals surface area contributed by atoms with Gasteiger partial charge < -0.3 is 19.3 Å². The van der Waals surface area contributed by atoms with Crippen molar-refractivity contribution in [2.45, 2.75) is 92.2 Å². The Balaban J connectivity index is 1.57. The van der Waals surface area contributed by atoms with Gasteiger partial charge in [-0.15, -0.1) is 0 Å². The van der Waals surface area contributed by atoms with Gasteiger partial charge in [-0.1, -0.05) is 64.5 Å². The van der Waals surface area contributed by atoms with E-state index in [-0.39, 0.29) is 11.9 Å². The molecule has 0 unspecified atom stereocenters. The molecule has 37 heavy (non-hydrogen) atoms. The number of carbonyl (C=O) groups excluding carboxylic acids is 2. The monoisotopic (exact) mass is 506 g/mol. The van der Waals surface area contributed by atoms with Crippen molar-refractivity contribution in [2.24, 2.45) is 0 Å². The zero-order valence-electron chi connectivity index (χ0n) is 23.0. The highest BCUT2D eigenvalue weighted by molar-refractivity contribution is 5.96. The molecule has 0 aromatic heterocycles. The van der Waals surface area contributed by atoms with Gasteiger partial charge >= 0.3 is 11.9 Å². The number of anilines is 2. The second kappa shape index (κ2) is 12.5. The minimum Gasteiger partial charge on any atom is -0.462 e. The minimum absolute atomic E-state index is 0.243. The number of ether oxygens (including phenoxy) is 2. The molecule has 0 aliphatic carbocycles. The molecule has 0 saturated heterocycles. The number of carbonyl (C=O) groups is 2. The Hall–Kier alpha value is -3.02. The smallest absolute Gasteiger partial charge is 0.338 e. The summed E-state index contributed by atoms with van der Waals surface area (Å²) < 4.78 is 11.3. The fourth-order valence-electron chi connectivity index (χ4n) is 5.62. The number of unbranched alkanes of at least 4 members (excludes halogenated alkanes) is 6. The van der Waals surface area contributed by atoms with Crippen LogP contribution >= 0.6 is 0 Å². The zero-order valence-corrected chi connectivity index (χ0v) is 23.0. The van der Waals surface area contributed by atoms with E-state index in [0.717, 1.165) is 91.7 Å². The lowest BCUT2D eigenvalue weighted by atomic mass is 9.92. The third kappa shape index (κ3) is 5.94. The molecule has 0 amide bonds. The number of fused-ring (bicyclic) bond motifs is 6. The Bertz CT molecular complexity index is 1040. The van der Waals surface area contributed by atoms with Crippen LogP contribution in [0.15, 0.2) is 24.3 Å². The number of aryl methyl sites for hydroxylation is 2. The molecule has 0 saturated carbocycles. The molecule has 2 bridgehead atoms. The first-order valence-electron chi connectivity index (χ1n) is 14.0. The van der Waals surface area contributed by atoms with Crippen molar-refractivity contribution in [3.05, 3.63) is 57.6 Å². The summed E-state index contributed by atoms with van der Waals surface area (Å²) in [7, 11) is 0. The molecule has 2 aliphatic heterocycles. The highest BCUT2D eigenvalue weighted by Gasteiger charge is 2.36.